The lowest BCUT2D eigenvalue weighted by molar-refractivity contribution is 0.100. The van der Waals surface area contributed by atoms with Crippen molar-refractivity contribution in [3.05, 3.63) is 23.3 Å². The number of hydrogen-bond donors (Lipinski definition) is 0. The van der Waals surface area contributed by atoms with Crippen molar-refractivity contribution in [2.45, 2.75) is 6.42 Å². The maximum atomic E-state index is 11.5. The van der Waals surface area contributed by atoms with Gasteiger partial charge in [0.1, 0.15) is 0 Å². The van der Waals surface area contributed by atoms with Crippen molar-refractivity contribution in [3.63, 3.8) is 0 Å². The molecule has 1 aromatic carbocycles. The van der Waals surface area contributed by atoms with Gasteiger partial charge in [0, 0.05) is 18.2 Å². The van der Waals surface area contributed by atoms with E-state index in [2.05, 4.69) is 9.98 Å². The summed E-state index contributed by atoms with van der Waals surface area (Å²) in [6.07, 6.45) is 3.11. The molecule has 0 amide bonds. The van der Waals surface area contributed by atoms with Gasteiger partial charge < -0.3 is 0 Å². The Balaban J connectivity index is 2.36. The lowest BCUT2D eigenvalue weighted by Crippen LogP contribution is -2.07. The Morgan fingerprint density at radius 2 is 2.00 bits per heavy atom. The summed E-state index contributed by atoms with van der Waals surface area (Å²) < 4.78 is 0. The zero-order chi connectivity index (χ0) is 10.4. The first kappa shape index (κ1) is 8.23. The van der Waals surface area contributed by atoms with Crippen LogP contribution in [0.5, 0.6) is 0 Å². The predicted molar refractivity (Wildman–Crippen MR) is 56.0 cm³/mol. The van der Waals surface area contributed by atoms with Crippen LogP contribution in [0.4, 0.5) is 11.4 Å². The number of carbonyl (C=O) groups excluding carboxylic acids is 2. The van der Waals surface area contributed by atoms with Crippen molar-refractivity contribution in [1.82, 2.24) is 0 Å². The van der Waals surface area contributed by atoms with Gasteiger partial charge in [-0.15, -0.1) is 0 Å². The van der Waals surface area contributed by atoms with E-state index >= 15 is 0 Å². The molecule has 4 heteroatoms. The summed E-state index contributed by atoms with van der Waals surface area (Å²) in [4.78, 5) is 31.1. The summed E-state index contributed by atoms with van der Waals surface area (Å²) in [6, 6.07) is 3.37. The van der Waals surface area contributed by atoms with Gasteiger partial charge in [0.05, 0.1) is 23.2 Å². The van der Waals surface area contributed by atoms with E-state index in [0.29, 0.717) is 28.9 Å². The Morgan fingerprint density at radius 3 is 2.87 bits per heavy atom. The predicted octanol–water partition coefficient (Wildman–Crippen LogP) is 1.87. The quantitative estimate of drug-likeness (QED) is 0.638. The van der Waals surface area contributed by atoms with Gasteiger partial charge in [0.15, 0.2) is 5.78 Å². The van der Waals surface area contributed by atoms with Crippen molar-refractivity contribution < 1.29 is 9.59 Å². The zero-order valence-electron chi connectivity index (χ0n) is 7.73. The molecule has 2 aliphatic rings. The number of rotatable bonds is 0. The van der Waals surface area contributed by atoms with Gasteiger partial charge in [0.2, 0.25) is 5.78 Å². The lowest BCUT2D eigenvalue weighted by Gasteiger charge is -2.10. The molecule has 0 radical (unpaired) electrons. The fourth-order valence-electron chi connectivity index (χ4n) is 1.81. The van der Waals surface area contributed by atoms with E-state index in [4.69, 9.17) is 0 Å². The Kier molecular flexibility index (Phi) is 1.48. The summed E-state index contributed by atoms with van der Waals surface area (Å²) in [5.74, 6) is -0.170. The first-order chi connectivity index (χ1) is 7.27. The highest BCUT2D eigenvalue weighted by Crippen LogP contribution is 2.37. The van der Waals surface area contributed by atoms with Gasteiger partial charge in [0.25, 0.3) is 0 Å². The molecule has 2 heterocycles. The van der Waals surface area contributed by atoms with Crippen LogP contribution in [-0.4, -0.2) is 24.0 Å². The third kappa shape index (κ3) is 1.01. The number of aliphatic imine (C=N–C) groups is 2. The van der Waals surface area contributed by atoms with E-state index in [-0.39, 0.29) is 11.6 Å². The zero-order valence-corrected chi connectivity index (χ0v) is 7.73. The van der Waals surface area contributed by atoms with Crippen LogP contribution >= 0.6 is 0 Å². The number of Topliss-reactive ketones (excluding diaryl/α,β-unsaturated/α-hetero) is 2. The summed E-state index contributed by atoms with van der Waals surface area (Å²) >= 11 is 0. The Bertz CT molecular complexity index is 556. The number of ketones is 2. The molecule has 0 spiro atoms. The van der Waals surface area contributed by atoms with Crippen LogP contribution in [0, 0.1) is 0 Å². The third-order valence-corrected chi connectivity index (χ3v) is 2.52. The molecule has 0 bridgehead atoms. The molecular formula is C11H6N2O2. The van der Waals surface area contributed by atoms with E-state index in [0.717, 1.165) is 0 Å². The highest BCUT2D eigenvalue weighted by atomic mass is 16.1. The van der Waals surface area contributed by atoms with Crippen LogP contribution in [0.15, 0.2) is 22.1 Å². The van der Waals surface area contributed by atoms with E-state index in [1.54, 1.807) is 12.1 Å². The van der Waals surface area contributed by atoms with Gasteiger partial charge in [-0.1, -0.05) is 0 Å². The van der Waals surface area contributed by atoms with Crippen LogP contribution in [0.1, 0.15) is 27.1 Å². The molecular weight excluding hydrogens is 192 g/mol. The smallest absolute Gasteiger partial charge is 0.208 e. The van der Waals surface area contributed by atoms with Gasteiger partial charge in [-0.05, 0) is 12.1 Å². The average molecular weight is 198 g/mol. The molecule has 4 nitrogen and oxygen atoms in total. The SMILES string of the molecule is O=C1CC=Nc2c1ccc1c2C(=O)C=N1. The molecule has 2 aliphatic heterocycles. The van der Waals surface area contributed by atoms with E-state index < -0.39 is 0 Å². The van der Waals surface area contributed by atoms with Crippen molar-refractivity contribution >= 4 is 35.4 Å². The second-order valence-electron chi connectivity index (χ2n) is 3.42. The van der Waals surface area contributed by atoms with Gasteiger partial charge >= 0.3 is 0 Å². The van der Waals surface area contributed by atoms with Crippen molar-refractivity contribution in [3.8, 4) is 0 Å². The molecule has 0 saturated carbocycles. The number of hydrogen-bond acceptors (Lipinski definition) is 4. The third-order valence-electron chi connectivity index (χ3n) is 2.52. The van der Waals surface area contributed by atoms with E-state index in [9.17, 15) is 9.59 Å². The fraction of sp³-hybridized carbons (Fsp3) is 0.0909. The van der Waals surface area contributed by atoms with Crippen molar-refractivity contribution in [1.29, 1.82) is 0 Å². The number of nitrogens with zero attached hydrogens (tertiary/aromatic N) is 2. The van der Waals surface area contributed by atoms with E-state index in [1.165, 1.54) is 12.4 Å². The second kappa shape index (κ2) is 2.70. The summed E-state index contributed by atoms with van der Waals surface area (Å²) in [5, 5.41) is 0. The molecule has 0 N–H and O–H groups in total. The van der Waals surface area contributed by atoms with Crippen LogP contribution in [-0.2, 0) is 0 Å². The second-order valence-corrected chi connectivity index (χ2v) is 3.42. The molecule has 0 aromatic heterocycles. The highest BCUT2D eigenvalue weighted by Gasteiger charge is 2.25. The van der Waals surface area contributed by atoms with Crippen LogP contribution in [0.3, 0.4) is 0 Å². The molecule has 0 atom stereocenters. The molecule has 0 unspecified atom stereocenters. The lowest BCUT2D eigenvalue weighted by atomic mass is 9.98. The monoisotopic (exact) mass is 198 g/mol. The minimum Gasteiger partial charge on any atom is -0.294 e. The maximum absolute atomic E-state index is 11.5. The molecule has 15 heavy (non-hydrogen) atoms. The molecule has 1 aromatic rings. The molecule has 3 rings (SSSR count). The highest BCUT2D eigenvalue weighted by molar-refractivity contribution is 6.42. The largest absolute Gasteiger partial charge is 0.294 e. The van der Waals surface area contributed by atoms with Crippen molar-refractivity contribution in [2.24, 2.45) is 9.98 Å². The van der Waals surface area contributed by atoms with Crippen molar-refractivity contribution in [2.75, 3.05) is 0 Å². The Hall–Kier alpha value is -2.10. The normalized spacial score (nSPS) is 16.8. The summed E-state index contributed by atoms with van der Waals surface area (Å²) in [7, 11) is 0. The standard InChI is InChI=1S/C11H6N2O2/c14-8-3-4-12-11-6(8)1-2-7-10(11)9(15)5-13-7/h1-2,4-5H,3H2. The van der Waals surface area contributed by atoms with Gasteiger partial charge in [-0.3, -0.25) is 19.6 Å². The first-order valence-electron chi connectivity index (χ1n) is 4.58. The van der Waals surface area contributed by atoms with Crippen LogP contribution < -0.4 is 0 Å². The fourth-order valence-corrected chi connectivity index (χ4v) is 1.81. The Morgan fingerprint density at radius 1 is 1.13 bits per heavy atom. The molecule has 72 valence electrons. The molecule has 0 fully saturated rings. The van der Waals surface area contributed by atoms with Gasteiger partial charge in [-0.2, -0.15) is 0 Å². The van der Waals surface area contributed by atoms with Crippen LogP contribution in [0.25, 0.3) is 0 Å². The number of carbonyl (C=O) groups is 2. The van der Waals surface area contributed by atoms with E-state index in [1.807, 2.05) is 0 Å². The maximum Gasteiger partial charge on any atom is 0.208 e. The molecule has 0 saturated heterocycles. The first-order valence-corrected chi connectivity index (χ1v) is 4.58. The summed E-state index contributed by atoms with van der Waals surface area (Å²) in [5.41, 5.74) is 2.06. The number of benzene rings is 1. The summed E-state index contributed by atoms with van der Waals surface area (Å²) in [6.45, 7) is 0. The van der Waals surface area contributed by atoms with Gasteiger partial charge in [-0.25, -0.2) is 0 Å². The minimum atomic E-state index is -0.172. The Labute approximate surface area is 85.4 Å². The van der Waals surface area contributed by atoms with Crippen LogP contribution in [0.2, 0.25) is 0 Å². The molecule has 0 aliphatic carbocycles. The minimum absolute atomic E-state index is 0.00231. The topological polar surface area (TPSA) is 58.9 Å². The average Bonchev–Trinajstić information content (AvgIpc) is 2.61. The number of fused-ring (bicyclic) bond motifs is 3.